The van der Waals surface area contributed by atoms with Crippen LogP contribution in [0.3, 0.4) is 0 Å². The second-order valence-corrected chi connectivity index (χ2v) is 5.20. The number of nitrogens with one attached hydrogen (secondary N) is 1. The van der Waals surface area contributed by atoms with E-state index >= 15 is 0 Å². The van der Waals surface area contributed by atoms with Crippen molar-refractivity contribution in [3.8, 4) is 0 Å². The highest BCUT2D eigenvalue weighted by Crippen LogP contribution is 2.26. The summed E-state index contributed by atoms with van der Waals surface area (Å²) < 4.78 is 6.27. The largest absolute Gasteiger partial charge is 0.451 e. The van der Waals surface area contributed by atoms with E-state index in [0.717, 1.165) is 9.86 Å². The van der Waals surface area contributed by atoms with Crippen molar-refractivity contribution in [2.45, 2.75) is 0 Å². The normalized spacial score (nSPS) is 10.7. The molecule has 20 heavy (non-hydrogen) atoms. The molecule has 2 aromatic carbocycles. The number of rotatable bonds is 2. The Morgan fingerprint density at radius 2 is 1.95 bits per heavy atom. The van der Waals surface area contributed by atoms with Gasteiger partial charge >= 0.3 is 0 Å². The summed E-state index contributed by atoms with van der Waals surface area (Å²) >= 11 is 3.37. The number of para-hydroxylation sites is 1. The van der Waals surface area contributed by atoms with Gasteiger partial charge in [-0.3, -0.25) is 4.79 Å². The van der Waals surface area contributed by atoms with Gasteiger partial charge in [0.15, 0.2) is 5.76 Å². The molecular weight excluding hydrogens is 320 g/mol. The minimum atomic E-state index is -0.312. The third-order valence-corrected chi connectivity index (χ3v) is 3.58. The fourth-order valence-electron chi connectivity index (χ4n) is 1.92. The number of anilines is 2. The number of nitrogen functional groups attached to an aromatic ring is 1. The maximum Gasteiger partial charge on any atom is 0.291 e. The van der Waals surface area contributed by atoms with E-state index in [1.165, 1.54) is 0 Å². The summed E-state index contributed by atoms with van der Waals surface area (Å²) in [5.41, 5.74) is 7.58. The quantitative estimate of drug-likeness (QED) is 0.697. The van der Waals surface area contributed by atoms with Crippen molar-refractivity contribution in [1.82, 2.24) is 0 Å². The number of carbonyl (C=O) groups is 1. The average Bonchev–Trinajstić information content (AvgIpc) is 2.87. The van der Waals surface area contributed by atoms with Crippen molar-refractivity contribution < 1.29 is 9.21 Å². The summed E-state index contributed by atoms with van der Waals surface area (Å²) in [6, 6.07) is 14.4. The molecule has 0 unspecified atom stereocenters. The molecule has 0 aliphatic heterocycles. The monoisotopic (exact) mass is 330 g/mol. The molecule has 1 aromatic heterocycles. The Labute approximate surface area is 123 Å². The predicted octanol–water partition coefficient (Wildman–Crippen LogP) is 4.03. The number of halogens is 1. The van der Waals surface area contributed by atoms with Gasteiger partial charge in [0.25, 0.3) is 5.91 Å². The molecule has 0 saturated heterocycles. The summed E-state index contributed by atoms with van der Waals surface area (Å²) in [4.78, 5) is 12.2. The molecule has 0 saturated carbocycles. The lowest BCUT2D eigenvalue weighted by Gasteiger charge is -2.06. The Morgan fingerprint density at radius 3 is 2.75 bits per heavy atom. The van der Waals surface area contributed by atoms with Gasteiger partial charge < -0.3 is 15.5 Å². The lowest BCUT2D eigenvalue weighted by molar-refractivity contribution is 0.0998. The fourth-order valence-corrected chi connectivity index (χ4v) is 2.26. The van der Waals surface area contributed by atoms with Crippen molar-refractivity contribution in [2.24, 2.45) is 0 Å². The molecular formula is C15H11BrN2O2. The molecule has 0 bridgehead atoms. The van der Waals surface area contributed by atoms with Crippen LogP contribution < -0.4 is 11.1 Å². The second-order valence-electron chi connectivity index (χ2n) is 4.34. The number of amides is 1. The van der Waals surface area contributed by atoms with Gasteiger partial charge in [-0.05, 0) is 46.3 Å². The van der Waals surface area contributed by atoms with Crippen LogP contribution in [0.25, 0.3) is 11.0 Å². The molecule has 0 fully saturated rings. The summed E-state index contributed by atoms with van der Waals surface area (Å²) in [6.45, 7) is 0. The van der Waals surface area contributed by atoms with E-state index in [9.17, 15) is 4.79 Å². The number of carbonyl (C=O) groups excluding carboxylic acids is 1. The summed E-state index contributed by atoms with van der Waals surface area (Å²) in [5, 5.41) is 3.66. The van der Waals surface area contributed by atoms with Gasteiger partial charge in [0, 0.05) is 15.5 Å². The van der Waals surface area contributed by atoms with Crippen LogP contribution in [0.5, 0.6) is 0 Å². The van der Waals surface area contributed by atoms with E-state index in [-0.39, 0.29) is 11.7 Å². The predicted molar refractivity (Wildman–Crippen MR) is 82.7 cm³/mol. The van der Waals surface area contributed by atoms with Crippen molar-refractivity contribution in [1.29, 1.82) is 0 Å². The van der Waals surface area contributed by atoms with Gasteiger partial charge in [0.05, 0.1) is 5.69 Å². The van der Waals surface area contributed by atoms with Gasteiger partial charge in [0.1, 0.15) is 5.58 Å². The van der Waals surface area contributed by atoms with E-state index < -0.39 is 0 Å². The molecule has 0 atom stereocenters. The highest BCUT2D eigenvalue weighted by atomic mass is 79.9. The minimum absolute atomic E-state index is 0.264. The molecule has 0 aliphatic rings. The number of fused-ring (bicyclic) bond motifs is 1. The standard InChI is InChI=1S/C15H11BrN2O2/c16-11-6-5-10(17)8-12(11)18-15(19)14-7-9-3-1-2-4-13(9)20-14/h1-8H,17H2,(H,18,19). The number of hydrogen-bond donors (Lipinski definition) is 2. The average molecular weight is 331 g/mol. The van der Waals surface area contributed by atoms with Crippen LogP contribution in [0.15, 0.2) is 57.4 Å². The summed E-state index contributed by atoms with van der Waals surface area (Å²) in [6.07, 6.45) is 0. The van der Waals surface area contributed by atoms with E-state index in [0.29, 0.717) is 17.0 Å². The highest BCUT2D eigenvalue weighted by Gasteiger charge is 2.13. The topological polar surface area (TPSA) is 68.3 Å². The van der Waals surface area contributed by atoms with Crippen LogP contribution in [-0.4, -0.2) is 5.91 Å². The van der Waals surface area contributed by atoms with E-state index in [1.54, 1.807) is 24.3 Å². The molecule has 0 radical (unpaired) electrons. The van der Waals surface area contributed by atoms with E-state index in [1.807, 2.05) is 24.3 Å². The zero-order valence-electron chi connectivity index (χ0n) is 10.4. The van der Waals surface area contributed by atoms with Crippen molar-refractivity contribution in [3.05, 3.63) is 58.8 Å². The molecule has 3 N–H and O–H groups in total. The van der Waals surface area contributed by atoms with Gasteiger partial charge in [-0.25, -0.2) is 0 Å². The zero-order valence-corrected chi connectivity index (χ0v) is 12.0. The van der Waals surface area contributed by atoms with Crippen molar-refractivity contribution >= 4 is 44.2 Å². The van der Waals surface area contributed by atoms with Gasteiger partial charge in [-0.2, -0.15) is 0 Å². The molecule has 1 heterocycles. The number of benzene rings is 2. The lowest BCUT2D eigenvalue weighted by atomic mass is 10.2. The molecule has 100 valence electrons. The Kier molecular flexibility index (Phi) is 3.20. The van der Waals surface area contributed by atoms with Crippen LogP contribution in [0.4, 0.5) is 11.4 Å². The van der Waals surface area contributed by atoms with Gasteiger partial charge in [-0.15, -0.1) is 0 Å². The SMILES string of the molecule is Nc1ccc(Br)c(NC(=O)c2cc3ccccc3o2)c1. The zero-order chi connectivity index (χ0) is 14.1. The Balaban J connectivity index is 1.90. The van der Waals surface area contributed by atoms with Crippen LogP contribution >= 0.6 is 15.9 Å². The Morgan fingerprint density at radius 1 is 1.15 bits per heavy atom. The first-order valence-corrected chi connectivity index (χ1v) is 6.78. The fraction of sp³-hybridized carbons (Fsp3) is 0. The highest BCUT2D eigenvalue weighted by molar-refractivity contribution is 9.10. The molecule has 3 aromatic rings. The van der Waals surface area contributed by atoms with Crippen molar-refractivity contribution in [2.75, 3.05) is 11.1 Å². The third-order valence-electron chi connectivity index (χ3n) is 2.89. The first-order valence-electron chi connectivity index (χ1n) is 5.98. The number of nitrogens with two attached hydrogens (primary N) is 1. The van der Waals surface area contributed by atoms with E-state index in [2.05, 4.69) is 21.2 Å². The smallest absolute Gasteiger partial charge is 0.291 e. The summed E-state index contributed by atoms with van der Waals surface area (Å²) in [7, 11) is 0. The van der Waals surface area contributed by atoms with Crippen LogP contribution in [-0.2, 0) is 0 Å². The summed E-state index contributed by atoms with van der Waals surface area (Å²) in [5.74, 6) is -0.0481. The number of hydrogen-bond acceptors (Lipinski definition) is 3. The first-order chi connectivity index (χ1) is 9.63. The maximum absolute atomic E-state index is 12.2. The van der Waals surface area contributed by atoms with Crippen LogP contribution in [0.1, 0.15) is 10.6 Å². The minimum Gasteiger partial charge on any atom is -0.451 e. The van der Waals surface area contributed by atoms with Gasteiger partial charge in [0.2, 0.25) is 0 Å². The first kappa shape index (κ1) is 12.7. The Bertz CT molecular complexity index is 762. The maximum atomic E-state index is 12.2. The number of furan rings is 1. The molecule has 0 aliphatic carbocycles. The second kappa shape index (κ2) is 5.02. The van der Waals surface area contributed by atoms with E-state index in [4.69, 9.17) is 10.2 Å². The lowest BCUT2D eigenvalue weighted by Crippen LogP contribution is -2.11. The molecule has 3 rings (SSSR count). The molecule has 1 amide bonds. The van der Waals surface area contributed by atoms with Crippen molar-refractivity contribution in [3.63, 3.8) is 0 Å². The van der Waals surface area contributed by atoms with Crippen LogP contribution in [0.2, 0.25) is 0 Å². The molecule has 5 heteroatoms. The van der Waals surface area contributed by atoms with Crippen LogP contribution in [0, 0.1) is 0 Å². The Hall–Kier alpha value is -2.27. The van der Waals surface area contributed by atoms with Gasteiger partial charge in [-0.1, -0.05) is 18.2 Å². The molecule has 0 spiro atoms. The molecule has 4 nitrogen and oxygen atoms in total. The third kappa shape index (κ3) is 2.40.